The molecule has 0 radical (unpaired) electrons. The Morgan fingerprint density at radius 3 is 2.78 bits per heavy atom. The topological polar surface area (TPSA) is 49.4 Å². The lowest BCUT2D eigenvalue weighted by molar-refractivity contribution is -0.135. The fraction of sp³-hybridized carbons (Fsp3) is 0.429. The molecular formula is C14H18N2O2. The molecule has 0 bridgehead atoms. The Hall–Kier alpha value is -1.84. The van der Waals surface area contributed by atoms with E-state index in [1.165, 1.54) is 0 Å². The van der Waals surface area contributed by atoms with E-state index in [2.05, 4.69) is 5.32 Å². The summed E-state index contributed by atoms with van der Waals surface area (Å²) in [5.74, 6) is 0.216. The van der Waals surface area contributed by atoms with Crippen LogP contribution in [0.25, 0.3) is 0 Å². The van der Waals surface area contributed by atoms with Crippen LogP contribution >= 0.6 is 0 Å². The maximum absolute atomic E-state index is 12.1. The SMILES string of the molecule is CC(C)CC(=O)N1CC(=O)Nc2ccccc2C1. The van der Waals surface area contributed by atoms with Crippen LogP contribution < -0.4 is 5.32 Å². The van der Waals surface area contributed by atoms with Crippen LogP contribution in [0.4, 0.5) is 5.69 Å². The zero-order valence-corrected chi connectivity index (χ0v) is 10.8. The van der Waals surface area contributed by atoms with E-state index in [0.717, 1.165) is 11.3 Å². The molecule has 0 saturated heterocycles. The van der Waals surface area contributed by atoms with Crippen LogP contribution in [-0.2, 0) is 16.1 Å². The summed E-state index contributed by atoms with van der Waals surface area (Å²) in [6.45, 7) is 4.65. The molecule has 18 heavy (non-hydrogen) atoms. The molecule has 4 heteroatoms. The van der Waals surface area contributed by atoms with Gasteiger partial charge in [-0.25, -0.2) is 0 Å². The predicted octanol–water partition coefficient (Wildman–Crippen LogP) is 2.01. The summed E-state index contributed by atoms with van der Waals surface area (Å²) in [6.07, 6.45) is 0.482. The maximum atomic E-state index is 12.1. The largest absolute Gasteiger partial charge is 0.329 e. The molecule has 4 nitrogen and oxygen atoms in total. The predicted molar refractivity (Wildman–Crippen MR) is 69.9 cm³/mol. The molecule has 0 atom stereocenters. The minimum atomic E-state index is -0.128. The molecule has 0 aromatic heterocycles. The number of fused-ring (bicyclic) bond motifs is 1. The van der Waals surface area contributed by atoms with Crippen molar-refractivity contribution in [1.29, 1.82) is 0 Å². The van der Waals surface area contributed by atoms with Crippen LogP contribution in [-0.4, -0.2) is 23.3 Å². The van der Waals surface area contributed by atoms with E-state index in [1.54, 1.807) is 4.90 Å². The standard InChI is InChI=1S/C14H18N2O2/c1-10(2)7-14(18)16-8-11-5-3-4-6-12(11)15-13(17)9-16/h3-6,10H,7-9H2,1-2H3,(H,15,17). The molecule has 1 aliphatic rings. The molecule has 0 spiro atoms. The Bertz CT molecular complexity index is 469. The number of carbonyl (C=O) groups is 2. The van der Waals surface area contributed by atoms with Crippen LogP contribution in [0.3, 0.4) is 0 Å². The first-order chi connectivity index (χ1) is 8.56. The first-order valence-electron chi connectivity index (χ1n) is 6.22. The van der Waals surface area contributed by atoms with Crippen molar-refractivity contribution in [3.05, 3.63) is 29.8 Å². The molecular weight excluding hydrogens is 228 g/mol. The van der Waals surface area contributed by atoms with E-state index in [-0.39, 0.29) is 18.4 Å². The van der Waals surface area contributed by atoms with E-state index in [4.69, 9.17) is 0 Å². The molecule has 2 rings (SSSR count). The van der Waals surface area contributed by atoms with Gasteiger partial charge in [0.15, 0.2) is 0 Å². The summed E-state index contributed by atoms with van der Waals surface area (Å²) in [4.78, 5) is 25.4. The molecule has 1 aromatic carbocycles. The summed E-state index contributed by atoms with van der Waals surface area (Å²) in [6, 6.07) is 7.60. The highest BCUT2D eigenvalue weighted by Crippen LogP contribution is 2.21. The Kier molecular flexibility index (Phi) is 3.65. The molecule has 1 aromatic rings. The summed E-state index contributed by atoms with van der Waals surface area (Å²) in [5.41, 5.74) is 1.79. The Morgan fingerprint density at radius 1 is 1.33 bits per heavy atom. The van der Waals surface area contributed by atoms with Gasteiger partial charge in [-0.1, -0.05) is 32.0 Å². The molecule has 2 amide bonds. The number of nitrogens with zero attached hydrogens (tertiary/aromatic N) is 1. The number of carbonyl (C=O) groups excluding carboxylic acids is 2. The van der Waals surface area contributed by atoms with Gasteiger partial charge >= 0.3 is 0 Å². The normalized spacial score (nSPS) is 15.1. The van der Waals surface area contributed by atoms with Crippen molar-refractivity contribution in [1.82, 2.24) is 4.90 Å². The van der Waals surface area contributed by atoms with E-state index in [9.17, 15) is 9.59 Å². The van der Waals surface area contributed by atoms with Crippen molar-refractivity contribution < 1.29 is 9.59 Å². The molecule has 0 aliphatic carbocycles. The average Bonchev–Trinajstić information content (AvgIpc) is 2.45. The van der Waals surface area contributed by atoms with Gasteiger partial charge in [-0.3, -0.25) is 9.59 Å². The monoisotopic (exact) mass is 246 g/mol. The summed E-state index contributed by atoms with van der Waals surface area (Å²) < 4.78 is 0. The van der Waals surface area contributed by atoms with Gasteiger partial charge in [0.2, 0.25) is 11.8 Å². The lowest BCUT2D eigenvalue weighted by Gasteiger charge is -2.20. The van der Waals surface area contributed by atoms with Crippen molar-refractivity contribution in [2.24, 2.45) is 5.92 Å². The van der Waals surface area contributed by atoms with Crippen molar-refractivity contribution in [3.63, 3.8) is 0 Å². The maximum Gasteiger partial charge on any atom is 0.244 e. The Balaban J connectivity index is 2.20. The molecule has 1 heterocycles. The number of amides is 2. The van der Waals surface area contributed by atoms with Crippen LogP contribution in [0.5, 0.6) is 0 Å². The number of benzene rings is 1. The lowest BCUT2D eigenvalue weighted by Crippen LogP contribution is -2.35. The molecule has 1 aliphatic heterocycles. The molecule has 0 saturated carbocycles. The van der Waals surface area contributed by atoms with Crippen LogP contribution in [0.15, 0.2) is 24.3 Å². The Morgan fingerprint density at radius 2 is 2.06 bits per heavy atom. The summed E-state index contributed by atoms with van der Waals surface area (Å²) in [5, 5.41) is 2.83. The quantitative estimate of drug-likeness (QED) is 0.867. The molecule has 0 fully saturated rings. The summed E-state index contributed by atoms with van der Waals surface area (Å²) in [7, 11) is 0. The Labute approximate surface area is 107 Å². The van der Waals surface area contributed by atoms with Crippen LogP contribution in [0.1, 0.15) is 25.8 Å². The van der Waals surface area contributed by atoms with E-state index in [0.29, 0.717) is 18.9 Å². The fourth-order valence-electron chi connectivity index (χ4n) is 2.06. The van der Waals surface area contributed by atoms with Gasteiger partial charge < -0.3 is 10.2 Å². The number of rotatable bonds is 2. The number of anilines is 1. The molecule has 1 N–H and O–H groups in total. The minimum Gasteiger partial charge on any atom is -0.329 e. The van der Waals surface area contributed by atoms with Gasteiger partial charge in [0.05, 0.1) is 0 Å². The molecule has 96 valence electrons. The van der Waals surface area contributed by atoms with Gasteiger partial charge in [-0.15, -0.1) is 0 Å². The number of hydrogen-bond donors (Lipinski definition) is 1. The first kappa shape index (κ1) is 12.6. The second-order valence-corrected chi connectivity index (χ2v) is 5.05. The van der Waals surface area contributed by atoms with Gasteiger partial charge in [0.1, 0.15) is 6.54 Å². The highest BCUT2D eigenvalue weighted by atomic mass is 16.2. The zero-order chi connectivity index (χ0) is 13.1. The first-order valence-corrected chi connectivity index (χ1v) is 6.22. The van der Waals surface area contributed by atoms with Gasteiger partial charge in [0, 0.05) is 18.7 Å². The average molecular weight is 246 g/mol. The number of hydrogen-bond acceptors (Lipinski definition) is 2. The number of para-hydroxylation sites is 1. The van der Waals surface area contributed by atoms with Crippen molar-refractivity contribution in [2.45, 2.75) is 26.8 Å². The van der Waals surface area contributed by atoms with E-state index in [1.807, 2.05) is 38.1 Å². The van der Waals surface area contributed by atoms with Gasteiger partial charge in [0.25, 0.3) is 0 Å². The van der Waals surface area contributed by atoms with Crippen molar-refractivity contribution >= 4 is 17.5 Å². The number of nitrogens with one attached hydrogen (secondary N) is 1. The highest BCUT2D eigenvalue weighted by molar-refractivity contribution is 5.96. The third-order valence-corrected chi connectivity index (χ3v) is 2.92. The molecule has 0 unspecified atom stereocenters. The highest BCUT2D eigenvalue weighted by Gasteiger charge is 2.23. The second-order valence-electron chi connectivity index (χ2n) is 5.05. The summed E-state index contributed by atoms with van der Waals surface area (Å²) >= 11 is 0. The lowest BCUT2D eigenvalue weighted by atomic mass is 10.1. The van der Waals surface area contributed by atoms with Gasteiger partial charge in [-0.2, -0.15) is 0 Å². The third kappa shape index (κ3) is 2.88. The van der Waals surface area contributed by atoms with Crippen molar-refractivity contribution in [3.8, 4) is 0 Å². The van der Waals surface area contributed by atoms with Crippen LogP contribution in [0, 0.1) is 5.92 Å². The third-order valence-electron chi connectivity index (χ3n) is 2.92. The minimum absolute atomic E-state index is 0.0388. The zero-order valence-electron chi connectivity index (χ0n) is 10.8. The van der Waals surface area contributed by atoms with Crippen LogP contribution in [0.2, 0.25) is 0 Å². The van der Waals surface area contributed by atoms with E-state index >= 15 is 0 Å². The van der Waals surface area contributed by atoms with Gasteiger partial charge in [-0.05, 0) is 17.5 Å². The second kappa shape index (κ2) is 5.21. The smallest absolute Gasteiger partial charge is 0.244 e. The fourth-order valence-corrected chi connectivity index (χ4v) is 2.06. The van der Waals surface area contributed by atoms with Crippen molar-refractivity contribution in [2.75, 3.05) is 11.9 Å². The van der Waals surface area contributed by atoms with E-state index < -0.39 is 0 Å².